The maximum atomic E-state index is 13.6. The minimum atomic E-state index is -0.680. The van der Waals surface area contributed by atoms with Gasteiger partial charge in [-0.05, 0) is 29.3 Å². The highest BCUT2D eigenvalue weighted by molar-refractivity contribution is 9.08. The number of benzene rings is 1. The largest absolute Gasteiger partial charge is 0.487 e. The molecule has 0 aliphatic heterocycles. The molecule has 0 N–H and O–H groups in total. The van der Waals surface area contributed by atoms with Crippen molar-refractivity contribution in [3.63, 3.8) is 0 Å². The number of hydrogen-bond donors (Lipinski definition) is 0. The summed E-state index contributed by atoms with van der Waals surface area (Å²) in [7, 11) is 0. The van der Waals surface area contributed by atoms with E-state index in [0.29, 0.717) is 17.3 Å². The van der Waals surface area contributed by atoms with Crippen LogP contribution in [0.25, 0.3) is 0 Å². The van der Waals surface area contributed by atoms with Crippen LogP contribution in [0, 0.1) is 11.6 Å². The second kappa shape index (κ2) is 6.61. The summed E-state index contributed by atoms with van der Waals surface area (Å²) in [5, 5.41) is 0.400. The lowest BCUT2D eigenvalue weighted by molar-refractivity contribution is 0.288. The zero-order valence-corrected chi connectivity index (χ0v) is 11.7. The van der Waals surface area contributed by atoms with Crippen molar-refractivity contribution in [1.82, 2.24) is 4.98 Å². The number of rotatable bonds is 5. The molecule has 0 saturated carbocycles. The molecule has 0 amide bonds. The van der Waals surface area contributed by atoms with Gasteiger partial charge in [-0.15, -0.1) is 0 Å². The highest BCUT2D eigenvalue weighted by atomic mass is 79.9. The van der Waals surface area contributed by atoms with Crippen molar-refractivity contribution in [1.29, 1.82) is 0 Å². The Labute approximate surface area is 118 Å². The highest BCUT2D eigenvalue weighted by Gasteiger charge is 2.12. The predicted molar refractivity (Wildman–Crippen MR) is 72.4 cm³/mol. The number of halogens is 3. The third-order valence-electron chi connectivity index (χ3n) is 2.57. The zero-order chi connectivity index (χ0) is 13.7. The lowest BCUT2D eigenvalue weighted by Gasteiger charge is -2.09. The summed E-state index contributed by atoms with van der Waals surface area (Å²) < 4.78 is 32.4. The van der Waals surface area contributed by atoms with Gasteiger partial charge in [0.15, 0.2) is 17.4 Å². The molecule has 5 heteroatoms. The molecule has 2 aromatic rings. The molecule has 0 unspecified atom stereocenters. The van der Waals surface area contributed by atoms with Crippen LogP contribution in [-0.4, -0.2) is 11.6 Å². The Kier molecular flexibility index (Phi) is 4.85. The van der Waals surface area contributed by atoms with Gasteiger partial charge in [-0.2, -0.15) is 0 Å². The molecule has 0 saturated heterocycles. The van der Waals surface area contributed by atoms with Crippen LogP contribution in [0.3, 0.4) is 0 Å². The molecule has 19 heavy (non-hydrogen) atoms. The number of ether oxygens (including phenoxy) is 1. The molecule has 0 atom stereocenters. The summed E-state index contributed by atoms with van der Waals surface area (Å²) in [5.41, 5.74) is 1.50. The van der Waals surface area contributed by atoms with Gasteiger partial charge in [-0.3, -0.25) is 4.98 Å². The molecule has 0 radical (unpaired) electrons. The molecule has 100 valence electrons. The van der Waals surface area contributed by atoms with Gasteiger partial charge in [0.25, 0.3) is 0 Å². The Bertz CT molecular complexity index is 525. The average molecular weight is 328 g/mol. The van der Waals surface area contributed by atoms with Crippen LogP contribution in [0.1, 0.15) is 11.1 Å². The van der Waals surface area contributed by atoms with Crippen molar-refractivity contribution < 1.29 is 13.5 Å². The van der Waals surface area contributed by atoms with Crippen molar-refractivity contribution in [3.05, 3.63) is 59.4 Å². The third-order valence-corrected chi connectivity index (χ3v) is 3.22. The van der Waals surface area contributed by atoms with Crippen molar-refractivity contribution in [2.45, 2.75) is 11.8 Å². The monoisotopic (exact) mass is 327 g/mol. The summed E-state index contributed by atoms with van der Waals surface area (Å²) >= 11 is 3.15. The molecular weight excluding hydrogens is 316 g/mol. The smallest absolute Gasteiger partial charge is 0.190 e. The first kappa shape index (κ1) is 13.9. The summed E-state index contributed by atoms with van der Waals surface area (Å²) in [6.45, 7) is 0.202. The molecule has 1 aromatic heterocycles. The van der Waals surface area contributed by atoms with Crippen LogP contribution >= 0.6 is 15.9 Å². The van der Waals surface area contributed by atoms with E-state index in [1.165, 1.54) is 12.1 Å². The lowest BCUT2D eigenvalue weighted by atomic mass is 10.2. The molecule has 0 aliphatic rings. The molecule has 1 heterocycles. The van der Waals surface area contributed by atoms with Crippen molar-refractivity contribution >= 4 is 15.9 Å². The average Bonchev–Trinajstić information content (AvgIpc) is 2.42. The Balaban J connectivity index is 2.00. The topological polar surface area (TPSA) is 22.1 Å². The van der Waals surface area contributed by atoms with E-state index in [9.17, 15) is 8.78 Å². The molecule has 0 aliphatic carbocycles. The molecule has 2 nitrogen and oxygen atoms in total. The minimum Gasteiger partial charge on any atom is -0.487 e. The molecule has 0 spiro atoms. The van der Waals surface area contributed by atoms with E-state index in [2.05, 4.69) is 20.9 Å². The van der Waals surface area contributed by atoms with Crippen LogP contribution in [0.15, 0.2) is 36.7 Å². The van der Waals surface area contributed by atoms with Crippen LogP contribution in [0.2, 0.25) is 0 Å². The second-order valence-corrected chi connectivity index (χ2v) is 4.54. The molecule has 1 aromatic carbocycles. The van der Waals surface area contributed by atoms with E-state index in [4.69, 9.17) is 4.74 Å². The van der Waals surface area contributed by atoms with E-state index >= 15 is 0 Å². The Morgan fingerprint density at radius 1 is 1.16 bits per heavy atom. The van der Waals surface area contributed by atoms with Gasteiger partial charge in [0, 0.05) is 24.1 Å². The van der Waals surface area contributed by atoms with E-state index in [1.54, 1.807) is 18.5 Å². The van der Waals surface area contributed by atoms with Gasteiger partial charge in [0.05, 0.1) is 6.61 Å². The molecule has 0 bridgehead atoms. The standard InChI is InChI=1S/C14H12BrF2NO/c15-8-11-6-12(16)14(13(17)7-11)19-5-3-10-2-1-4-18-9-10/h1-2,4,6-7,9H,3,5,8H2. The maximum Gasteiger partial charge on any atom is 0.190 e. The van der Waals surface area contributed by atoms with Gasteiger partial charge in [0.2, 0.25) is 0 Å². The Morgan fingerprint density at radius 2 is 1.89 bits per heavy atom. The van der Waals surface area contributed by atoms with Gasteiger partial charge in [-0.1, -0.05) is 22.0 Å². The number of nitrogens with zero attached hydrogens (tertiary/aromatic N) is 1. The molecular formula is C14H12BrF2NO. The number of aromatic nitrogens is 1. The van der Waals surface area contributed by atoms with Crippen LogP contribution in [0.4, 0.5) is 8.78 Å². The fraction of sp³-hybridized carbons (Fsp3) is 0.214. The minimum absolute atomic E-state index is 0.202. The van der Waals surface area contributed by atoms with E-state index < -0.39 is 11.6 Å². The summed E-state index contributed by atoms with van der Waals surface area (Å²) in [4.78, 5) is 3.96. The number of hydrogen-bond acceptors (Lipinski definition) is 2. The number of alkyl halides is 1. The van der Waals surface area contributed by atoms with Gasteiger partial charge >= 0.3 is 0 Å². The summed E-state index contributed by atoms with van der Waals surface area (Å²) in [5.74, 6) is -1.69. The van der Waals surface area contributed by atoms with Crippen molar-refractivity contribution in [2.75, 3.05) is 6.61 Å². The lowest BCUT2D eigenvalue weighted by Crippen LogP contribution is -2.05. The normalized spacial score (nSPS) is 10.5. The van der Waals surface area contributed by atoms with Gasteiger partial charge in [0.1, 0.15) is 0 Å². The van der Waals surface area contributed by atoms with Crippen LogP contribution < -0.4 is 4.74 Å². The molecule has 2 rings (SSSR count). The van der Waals surface area contributed by atoms with Gasteiger partial charge < -0.3 is 4.74 Å². The second-order valence-electron chi connectivity index (χ2n) is 3.98. The van der Waals surface area contributed by atoms with Crippen molar-refractivity contribution in [2.24, 2.45) is 0 Å². The SMILES string of the molecule is Fc1cc(CBr)cc(F)c1OCCc1cccnc1. The summed E-state index contributed by atoms with van der Waals surface area (Å²) in [6, 6.07) is 6.22. The Morgan fingerprint density at radius 3 is 2.47 bits per heavy atom. The fourth-order valence-electron chi connectivity index (χ4n) is 1.64. The third kappa shape index (κ3) is 3.73. The van der Waals surface area contributed by atoms with Gasteiger partial charge in [-0.25, -0.2) is 8.78 Å². The fourth-order valence-corrected chi connectivity index (χ4v) is 1.97. The first-order valence-electron chi connectivity index (χ1n) is 5.76. The summed E-state index contributed by atoms with van der Waals surface area (Å²) in [6.07, 6.45) is 3.92. The van der Waals surface area contributed by atoms with Crippen LogP contribution in [0.5, 0.6) is 5.75 Å². The quantitative estimate of drug-likeness (QED) is 0.777. The van der Waals surface area contributed by atoms with E-state index in [1.807, 2.05) is 6.07 Å². The first-order valence-corrected chi connectivity index (χ1v) is 6.88. The maximum absolute atomic E-state index is 13.6. The first-order chi connectivity index (χ1) is 9.20. The van der Waals surface area contributed by atoms with Crippen molar-refractivity contribution in [3.8, 4) is 5.75 Å². The Hall–Kier alpha value is -1.49. The number of pyridine rings is 1. The van der Waals surface area contributed by atoms with E-state index in [0.717, 1.165) is 5.56 Å². The van der Waals surface area contributed by atoms with E-state index in [-0.39, 0.29) is 12.4 Å². The highest BCUT2D eigenvalue weighted by Crippen LogP contribution is 2.24. The predicted octanol–water partition coefficient (Wildman–Crippen LogP) is 3.88. The van der Waals surface area contributed by atoms with Crippen LogP contribution in [-0.2, 0) is 11.8 Å². The molecule has 0 fully saturated rings. The zero-order valence-electron chi connectivity index (χ0n) is 10.1.